The molecule has 86 valence electrons. The molecule has 0 aliphatic carbocycles. The van der Waals surface area contributed by atoms with Gasteiger partial charge in [-0.1, -0.05) is 6.92 Å². The van der Waals surface area contributed by atoms with Gasteiger partial charge in [0.2, 0.25) is 0 Å². The lowest BCUT2D eigenvalue weighted by molar-refractivity contribution is -0.192. The van der Waals surface area contributed by atoms with Gasteiger partial charge in [-0.2, -0.15) is 13.5 Å². The van der Waals surface area contributed by atoms with Gasteiger partial charge in [0.25, 0.3) is 16.0 Å². The number of carbonyl (C=O) groups excluding carboxylic acids is 2. The summed E-state index contributed by atoms with van der Waals surface area (Å²) in [4.78, 5) is 26.7. The van der Waals surface area contributed by atoms with Gasteiger partial charge in [-0.25, -0.2) is 4.79 Å². The van der Waals surface area contributed by atoms with Crippen molar-refractivity contribution < 1.29 is 27.4 Å². The molecule has 1 atom stereocenters. The van der Waals surface area contributed by atoms with Crippen LogP contribution in [-0.2, 0) is 24.5 Å². The molecule has 1 rings (SSSR count). The molecule has 0 saturated carbocycles. The molecule has 1 amide bonds. The summed E-state index contributed by atoms with van der Waals surface area (Å²) < 4.78 is 30.1. The van der Waals surface area contributed by atoms with E-state index in [1.165, 1.54) is 0 Å². The molecule has 0 radical (unpaired) electrons. The minimum absolute atomic E-state index is 0.0188. The van der Waals surface area contributed by atoms with E-state index in [-0.39, 0.29) is 19.4 Å². The van der Waals surface area contributed by atoms with Crippen LogP contribution in [0.4, 0.5) is 0 Å². The standard InChI is InChI=1S/C7H11NO6S/c1-2-6(9)14-8-4-3-5(7(8)10)15(11,12)13/h5H,2-4H2,1H3,(H,11,12,13). The van der Waals surface area contributed by atoms with Crippen LogP contribution in [0.1, 0.15) is 19.8 Å². The molecule has 0 spiro atoms. The molecule has 0 aromatic carbocycles. The lowest BCUT2D eigenvalue weighted by Crippen LogP contribution is -2.35. The van der Waals surface area contributed by atoms with Crippen LogP contribution in [0.25, 0.3) is 0 Å². The number of hydroxylamine groups is 2. The van der Waals surface area contributed by atoms with E-state index in [4.69, 9.17) is 4.55 Å². The number of rotatable bonds is 3. The second kappa shape index (κ2) is 4.15. The average molecular weight is 237 g/mol. The SMILES string of the molecule is CCC(=O)ON1CCC(S(=O)(=O)O)C1=O. The average Bonchev–Trinajstić information content (AvgIpc) is 2.47. The summed E-state index contributed by atoms with van der Waals surface area (Å²) in [5.74, 6) is -1.53. The lowest BCUT2D eigenvalue weighted by Gasteiger charge is -2.14. The van der Waals surface area contributed by atoms with Gasteiger partial charge in [-0.05, 0) is 6.42 Å². The van der Waals surface area contributed by atoms with Gasteiger partial charge in [0, 0.05) is 6.42 Å². The molecule has 7 nitrogen and oxygen atoms in total. The van der Waals surface area contributed by atoms with E-state index in [1.807, 2.05) is 0 Å². The fraction of sp³-hybridized carbons (Fsp3) is 0.714. The molecule has 1 saturated heterocycles. The van der Waals surface area contributed by atoms with Crippen molar-refractivity contribution in [1.29, 1.82) is 0 Å². The van der Waals surface area contributed by atoms with Crippen LogP contribution in [0, 0.1) is 0 Å². The first-order valence-electron chi connectivity index (χ1n) is 4.34. The van der Waals surface area contributed by atoms with Crippen LogP contribution < -0.4 is 0 Å². The highest BCUT2D eigenvalue weighted by atomic mass is 32.2. The Bertz CT molecular complexity index is 375. The van der Waals surface area contributed by atoms with Crippen molar-refractivity contribution in [1.82, 2.24) is 5.06 Å². The third-order valence-corrected chi connectivity index (χ3v) is 3.13. The molecule has 1 fully saturated rings. The van der Waals surface area contributed by atoms with Crippen molar-refractivity contribution >= 4 is 22.0 Å². The predicted molar refractivity (Wildman–Crippen MR) is 48.0 cm³/mol. The second-order valence-corrected chi connectivity index (χ2v) is 4.65. The summed E-state index contributed by atoms with van der Waals surface area (Å²) in [7, 11) is -4.41. The van der Waals surface area contributed by atoms with E-state index < -0.39 is 27.2 Å². The largest absolute Gasteiger partial charge is 0.338 e. The van der Waals surface area contributed by atoms with Crippen LogP contribution in [0.3, 0.4) is 0 Å². The molecule has 1 heterocycles. The highest BCUT2D eigenvalue weighted by Gasteiger charge is 2.42. The maximum Gasteiger partial charge on any atom is 0.332 e. The van der Waals surface area contributed by atoms with Crippen molar-refractivity contribution in [3.8, 4) is 0 Å². The van der Waals surface area contributed by atoms with Gasteiger partial charge < -0.3 is 4.84 Å². The van der Waals surface area contributed by atoms with Gasteiger partial charge >= 0.3 is 5.97 Å². The van der Waals surface area contributed by atoms with E-state index in [1.54, 1.807) is 6.92 Å². The Morgan fingerprint density at radius 3 is 2.67 bits per heavy atom. The fourth-order valence-electron chi connectivity index (χ4n) is 1.18. The Morgan fingerprint density at radius 2 is 2.27 bits per heavy atom. The summed E-state index contributed by atoms with van der Waals surface area (Å²) in [6, 6.07) is 0. The van der Waals surface area contributed by atoms with Crippen molar-refractivity contribution in [2.75, 3.05) is 6.54 Å². The molecule has 8 heteroatoms. The highest BCUT2D eigenvalue weighted by Crippen LogP contribution is 2.18. The van der Waals surface area contributed by atoms with Gasteiger partial charge in [0.05, 0.1) is 6.54 Å². The zero-order chi connectivity index (χ0) is 11.6. The molecule has 0 aromatic heterocycles. The fourth-order valence-corrected chi connectivity index (χ4v) is 1.96. The summed E-state index contributed by atoms with van der Waals surface area (Å²) in [6.45, 7) is 1.53. The van der Waals surface area contributed by atoms with Crippen LogP contribution >= 0.6 is 0 Å². The van der Waals surface area contributed by atoms with Gasteiger partial charge in [0.15, 0.2) is 5.25 Å². The summed E-state index contributed by atoms with van der Waals surface area (Å²) >= 11 is 0. The number of amides is 1. The number of carbonyl (C=O) groups is 2. The third-order valence-electron chi connectivity index (χ3n) is 1.98. The number of nitrogens with zero attached hydrogens (tertiary/aromatic N) is 1. The van der Waals surface area contributed by atoms with E-state index in [2.05, 4.69) is 4.84 Å². The van der Waals surface area contributed by atoms with E-state index in [9.17, 15) is 18.0 Å². The molecule has 0 aromatic rings. The maximum absolute atomic E-state index is 11.3. The molecule has 1 N–H and O–H groups in total. The molecule has 1 aliphatic heterocycles. The molecular weight excluding hydrogens is 226 g/mol. The second-order valence-electron chi connectivity index (χ2n) is 3.05. The molecule has 15 heavy (non-hydrogen) atoms. The van der Waals surface area contributed by atoms with Crippen LogP contribution in [-0.4, -0.2) is 41.7 Å². The van der Waals surface area contributed by atoms with Crippen molar-refractivity contribution in [2.24, 2.45) is 0 Å². The monoisotopic (exact) mass is 237 g/mol. The molecular formula is C7H11NO6S. The summed E-state index contributed by atoms with van der Waals surface area (Å²) in [5, 5.41) is -0.841. The van der Waals surface area contributed by atoms with E-state index >= 15 is 0 Å². The lowest BCUT2D eigenvalue weighted by atomic mass is 10.4. The normalized spacial score (nSPS) is 21.9. The topological polar surface area (TPSA) is 101 Å². The molecule has 1 unspecified atom stereocenters. The minimum Gasteiger partial charge on any atom is -0.338 e. The Labute approximate surface area is 86.7 Å². The van der Waals surface area contributed by atoms with Crippen molar-refractivity contribution in [3.63, 3.8) is 0 Å². The van der Waals surface area contributed by atoms with Crippen LogP contribution in [0.15, 0.2) is 0 Å². The Balaban J connectivity index is 2.69. The quantitative estimate of drug-likeness (QED) is 0.654. The first-order chi connectivity index (χ1) is 6.86. The smallest absolute Gasteiger partial charge is 0.332 e. The molecule has 0 bridgehead atoms. The number of hydrogen-bond acceptors (Lipinski definition) is 5. The van der Waals surface area contributed by atoms with Crippen LogP contribution in [0.5, 0.6) is 0 Å². The molecule has 1 aliphatic rings. The Morgan fingerprint density at radius 1 is 1.67 bits per heavy atom. The summed E-state index contributed by atoms with van der Waals surface area (Å²) in [5.41, 5.74) is 0. The van der Waals surface area contributed by atoms with E-state index in [0.29, 0.717) is 5.06 Å². The van der Waals surface area contributed by atoms with Crippen molar-refractivity contribution in [2.45, 2.75) is 25.0 Å². The summed E-state index contributed by atoms with van der Waals surface area (Å²) in [6.07, 6.45) is 0.00891. The van der Waals surface area contributed by atoms with Gasteiger partial charge in [-0.3, -0.25) is 9.35 Å². The third kappa shape index (κ3) is 2.66. The predicted octanol–water partition coefficient (Wildman–Crippen LogP) is -0.657. The number of hydrogen-bond donors (Lipinski definition) is 1. The van der Waals surface area contributed by atoms with E-state index in [0.717, 1.165) is 0 Å². The Kier molecular flexibility index (Phi) is 3.30. The zero-order valence-electron chi connectivity index (χ0n) is 8.04. The van der Waals surface area contributed by atoms with Crippen LogP contribution in [0.2, 0.25) is 0 Å². The first-order valence-corrected chi connectivity index (χ1v) is 5.85. The first kappa shape index (κ1) is 11.9. The zero-order valence-corrected chi connectivity index (χ0v) is 8.86. The maximum atomic E-state index is 11.3. The Hall–Kier alpha value is -1.15. The van der Waals surface area contributed by atoms with Crippen molar-refractivity contribution in [3.05, 3.63) is 0 Å². The minimum atomic E-state index is -4.41. The highest BCUT2D eigenvalue weighted by molar-refractivity contribution is 7.87. The van der Waals surface area contributed by atoms with Gasteiger partial charge in [0.1, 0.15) is 0 Å². The van der Waals surface area contributed by atoms with Gasteiger partial charge in [-0.15, -0.1) is 0 Å².